The molecule has 3 amide bonds. The molecule has 1 aliphatic heterocycles. The predicted octanol–water partition coefficient (Wildman–Crippen LogP) is 3.38. The van der Waals surface area contributed by atoms with Gasteiger partial charge in [-0.3, -0.25) is 10.1 Å². The molecule has 1 aromatic heterocycles. The first-order chi connectivity index (χ1) is 12.6. The summed E-state index contributed by atoms with van der Waals surface area (Å²) in [5.74, 6) is 0.743. The molecule has 2 N–H and O–H groups in total. The van der Waals surface area contributed by atoms with Crippen LogP contribution in [0.2, 0.25) is 0 Å². The Kier molecular flexibility index (Phi) is 4.67. The van der Waals surface area contributed by atoms with Gasteiger partial charge in [-0.1, -0.05) is 48.3 Å². The Morgan fingerprint density at radius 1 is 1.27 bits per heavy atom. The fourth-order valence-corrected chi connectivity index (χ4v) is 4.17. The number of fused-ring (bicyclic) bond motifs is 1. The lowest BCUT2D eigenvalue weighted by Gasteiger charge is -2.43. The van der Waals surface area contributed by atoms with E-state index in [1.165, 1.54) is 0 Å². The van der Waals surface area contributed by atoms with E-state index in [1.54, 1.807) is 4.90 Å². The van der Waals surface area contributed by atoms with E-state index in [-0.39, 0.29) is 30.6 Å². The molecule has 7 nitrogen and oxygen atoms in total. The van der Waals surface area contributed by atoms with Crippen LogP contribution < -0.4 is 10.6 Å². The SMILES string of the molecule is O=C1CN(C(=O)Nc2noc(-c3ccccc3)c2Br)[C@H]2CCCC[C@@H]2N1. The Hall–Kier alpha value is -2.35. The maximum atomic E-state index is 12.8. The van der Waals surface area contributed by atoms with Gasteiger partial charge < -0.3 is 14.7 Å². The molecule has 1 saturated carbocycles. The fraction of sp³-hybridized carbons (Fsp3) is 0.389. The Morgan fingerprint density at radius 3 is 2.85 bits per heavy atom. The summed E-state index contributed by atoms with van der Waals surface area (Å²) in [4.78, 5) is 26.4. The molecule has 0 spiro atoms. The van der Waals surface area contributed by atoms with E-state index >= 15 is 0 Å². The molecule has 2 aliphatic rings. The number of piperazine rings is 1. The number of amides is 3. The number of anilines is 1. The summed E-state index contributed by atoms with van der Waals surface area (Å²) in [5.41, 5.74) is 0.858. The van der Waals surface area contributed by atoms with Gasteiger partial charge in [0, 0.05) is 11.6 Å². The minimum atomic E-state index is -0.328. The summed E-state index contributed by atoms with van der Waals surface area (Å²) in [6, 6.07) is 9.26. The maximum Gasteiger partial charge on any atom is 0.323 e. The zero-order valence-corrected chi connectivity index (χ0v) is 15.7. The molecule has 8 heteroatoms. The van der Waals surface area contributed by atoms with Gasteiger partial charge in [-0.2, -0.15) is 0 Å². The van der Waals surface area contributed by atoms with Crippen molar-refractivity contribution >= 4 is 33.7 Å². The molecule has 1 saturated heterocycles. The molecule has 0 radical (unpaired) electrons. The van der Waals surface area contributed by atoms with Crippen LogP contribution in [0.4, 0.5) is 10.6 Å². The number of rotatable bonds is 2. The monoisotopic (exact) mass is 418 g/mol. The lowest BCUT2D eigenvalue weighted by atomic mass is 9.87. The standard InChI is InChI=1S/C18H19BrN4O3/c19-15-16(11-6-2-1-3-7-11)26-22-17(15)21-18(25)23-10-14(24)20-12-8-4-5-9-13(12)23/h1-3,6-7,12-13H,4-5,8-10H2,(H,20,24)(H,21,22,25)/t12-,13-/m0/s1. The molecule has 26 heavy (non-hydrogen) atoms. The first kappa shape index (κ1) is 17.1. The summed E-state index contributed by atoms with van der Waals surface area (Å²) in [6.45, 7) is 0.0635. The minimum Gasteiger partial charge on any atom is -0.353 e. The van der Waals surface area contributed by atoms with Crippen molar-refractivity contribution in [2.24, 2.45) is 0 Å². The van der Waals surface area contributed by atoms with Crippen LogP contribution in [-0.4, -0.2) is 40.6 Å². The van der Waals surface area contributed by atoms with E-state index in [0.717, 1.165) is 31.2 Å². The largest absolute Gasteiger partial charge is 0.353 e. The van der Waals surface area contributed by atoms with Crippen molar-refractivity contribution in [2.45, 2.75) is 37.8 Å². The summed E-state index contributed by atoms with van der Waals surface area (Å²) in [5, 5.41) is 9.75. The number of aromatic nitrogens is 1. The van der Waals surface area contributed by atoms with E-state index in [2.05, 4.69) is 31.7 Å². The van der Waals surface area contributed by atoms with Crippen molar-refractivity contribution in [3.05, 3.63) is 34.8 Å². The third-order valence-electron chi connectivity index (χ3n) is 4.95. The van der Waals surface area contributed by atoms with Gasteiger partial charge in [0.25, 0.3) is 0 Å². The van der Waals surface area contributed by atoms with Crippen molar-refractivity contribution in [3.8, 4) is 11.3 Å². The average Bonchev–Trinajstić information content (AvgIpc) is 3.02. The lowest BCUT2D eigenvalue weighted by molar-refractivity contribution is -0.126. The van der Waals surface area contributed by atoms with E-state index in [4.69, 9.17) is 4.52 Å². The number of urea groups is 1. The molecule has 1 aromatic carbocycles. The van der Waals surface area contributed by atoms with Gasteiger partial charge in [-0.05, 0) is 28.8 Å². The zero-order chi connectivity index (χ0) is 18.1. The molecule has 4 rings (SSSR count). The molecule has 1 aliphatic carbocycles. The highest BCUT2D eigenvalue weighted by Crippen LogP contribution is 2.34. The van der Waals surface area contributed by atoms with Gasteiger partial charge in [0.1, 0.15) is 11.0 Å². The normalized spacial score (nSPS) is 22.5. The molecular formula is C18H19BrN4O3. The van der Waals surface area contributed by atoms with Gasteiger partial charge in [0.05, 0.1) is 6.04 Å². The highest BCUT2D eigenvalue weighted by Gasteiger charge is 2.39. The molecule has 136 valence electrons. The van der Waals surface area contributed by atoms with Crippen LogP contribution >= 0.6 is 15.9 Å². The summed E-state index contributed by atoms with van der Waals surface area (Å²) >= 11 is 3.45. The van der Waals surface area contributed by atoms with Crippen molar-refractivity contribution in [1.29, 1.82) is 0 Å². The van der Waals surface area contributed by atoms with Crippen LogP contribution in [0.15, 0.2) is 39.3 Å². The van der Waals surface area contributed by atoms with Gasteiger partial charge in [0.2, 0.25) is 5.91 Å². The number of halogens is 1. The maximum absolute atomic E-state index is 12.8. The van der Waals surface area contributed by atoms with Crippen LogP contribution in [0.5, 0.6) is 0 Å². The third kappa shape index (κ3) is 3.21. The first-order valence-corrected chi connectivity index (χ1v) is 9.50. The van der Waals surface area contributed by atoms with Crippen molar-refractivity contribution < 1.29 is 14.1 Å². The van der Waals surface area contributed by atoms with Crippen molar-refractivity contribution in [2.75, 3.05) is 11.9 Å². The number of nitrogens with zero attached hydrogens (tertiary/aromatic N) is 2. The smallest absolute Gasteiger partial charge is 0.323 e. The predicted molar refractivity (Wildman–Crippen MR) is 99.6 cm³/mol. The number of carbonyl (C=O) groups excluding carboxylic acids is 2. The summed E-state index contributed by atoms with van der Waals surface area (Å²) in [7, 11) is 0. The second-order valence-electron chi connectivity index (χ2n) is 6.62. The van der Waals surface area contributed by atoms with Crippen LogP contribution in [0.25, 0.3) is 11.3 Å². The van der Waals surface area contributed by atoms with Crippen molar-refractivity contribution in [3.63, 3.8) is 0 Å². The average molecular weight is 419 g/mol. The minimum absolute atomic E-state index is 0.0284. The highest BCUT2D eigenvalue weighted by atomic mass is 79.9. The number of benzene rings is 1. The first-order valence-electron chi connectivity index (χ1n) is 8.71. The summed E-state index contributed by atoms with van der Waals surface area (Å²) < 4.78 is 5.97. The molecule has 0 bridgehead atoms. The zero-order valence-electron chi connectivity index (χ0n) is 14.1. The third-order valence-corrected chi connectivity index (χ3v) is 5.68. The molecule has 2 heterocycles. The second-order valence-corrected chi connectivity index (χ2v) is 7.42. The Bertz CT molecular complexity index is 823. The molecule has 0 unspecified atom stereocenters. The number of carbonyl (C=O) groups is 2. The molecule has 2 atom stereocenters. The van der Waals surface area contributed by atoms with E-state index in [1.807, 2.05) is 30.3 Å². The van der Waals surface area contributed by atoms with Gasteiger partial charge in [-0.15, -0.1) is 0 Å². The molecule has 2 fully saturated rings. The van der Waals surface area contributed by atoms with E-state index in [9.17, 15) is 9.59 Å². The van der Waals surface area contributed by atoms with E-state index < -0.39 is 0 Å². The summed E-state index contributed by atoms with van der Waals surface area (Å²) in [6.07, 6.45) is 3.94. The number of hydrogen-bond acceptors (Lipinski definition) is 4. The number of hydrogen-bond donors (Lipinski definition) is 2. The lowest BCUT2D eigenvalue weighted by Crippen LogP contribution is -2.63. The van der Waals surface area contributed by atoms with Crippen LogP contribution in [0.3, 0.4) is 0 Å². The fourth-order valence-electron chi connectivity index (χ4n) is 3.70. The Balaban J connectivity index is 1.53. The number of nitrogens with one attached hydrogen (secondary N) is 2. The highest BCUT2D eigenvalue weighted by molar-refractivity contribution is 9.10. The van der Waals surface area contributed by atoms with Gasteiger partial charge >= 0.3 is 6.03 Å². The van der Waals surface area contributed by atoms with E-state index in [0.29, 0.717) is 16.1 Å². The van der Waals surface area contributed by atoms with Crippen molar-refractivity contribution in [1.82, 2.24) is 15.4 Å². The van der Waals surface area contributed by atoms with Crippen LogP contribution in [0, 0.1) is 0 Å². The molecule has 2 aromatic rings. The van der Waals surface area contributed by atoms with Gasteiger partial charge in [0.15, 0.2) is 11.6 Å². The van der Waals surface area contributed by atoms with Gasteiger partial charge in [-0.25, -0.2) is 4.79 Å². The topological polar surface area (TPSA) is 87.5 Å². The second kappa shape index (κ2) is 7.11. The Labute approximate surface area is 159 Å². The molecular weight excluding hydrogens is 400 g/mol. The van der Waals surface area contributed by atoms with Crippen LogP contribution in [-0.2, 0) is 4.79 Å². The Morgan fingerprint density at radius 2 is 2.04 bits per heavy atom. The van der Waals surface area contributed by atoms with Crippen LogP contribution in [0.1, 0.15) is 25.7 Å². The quantitative estimate of drug-likeness (QED) is 0.782.